The van der Waals surface area contributed by atoms with Gasteiger partial charge in [0.05, 0.1) is 25.3 Å². The van der Waals surface area contributed by atoms with E-state index in [9.17, 15) is 13.6 Å². The van der Waals surface area contributed by atoms with E-state index in [2.05, 4.69) is 5.32 Å². The molecule has 0 radical (unpaired) electrons. The molecule has 1 N–H and O–H groups in total. The molecule has 1 saturated heterocycles. The molecule has 0 aliphatic carbocycles. The zero-order valence-corrected chi connectivity index (χ0v) is 9.58. The maximum Gasteiger partial charge on any atom is 0.253 e. The van der Waals surface area contributed by atoms with E-state index in [-0.39, 0.29) is 5.91 Å². The Kier molecular flexibility index (Phi) is 5.08. The number of hydrogen-bond acceptors (Lipinski definition) is 3. The van der Waals surface area contributed by atoms with Gasteiger partial charge in [-0.1, -0.05) is 0 Å². The first kappa shape index (κ1) is 13.3. The number of ether oxygens (including phenoxy) is 1. The average molecular weight is 236 g/mol. The second-order valence-corrected chi connectivity index (χ2v) is 3.95. The summed E-state index contributed by atoms with van der Waals surface area (Å²) in [6.07, 6.45) is -2.46. The Balaban J connectivity index is 2.40. The standard InChI is InChI=1S/C10H18F2N2O2/c1-7(9(11)12)13-8(2)10(15)14-3-5-16-6-4-14/h7-9,13H,3-6H2,1-2H3. The van der Waals surface area contributed by atoms with E-state index in [1.165, 1.54) is 6.92 Å². The van der Waals surface area contributed by atoms with E-state index in [1.807, 2.05) is 0 Å². The van der Waals surface area contributed by atoms with Gasteiger partial charge in [-0.15, -0.1) is 0 Å². The van der Waals surface area contributed by atoms with E-state index < -0.39 is 18.5 Å². The Hall–Kier alpha value is -0.750. The highest BCUT2D eigenvalue weighted by Crippen LogP contribution is 2.04. The number of nitrogens with one attached hydrogen (secondary N) is 1. The fourth-order valence-electron chi connectivity index (χ4n) is 1.60. The fourth-order valence-corrected chi connectivity index (χ4v) is 1.60. The molecule has 2 atom stereocenters. The second kappa shape index (κ2) is 6.10. The molecule has 0 saturated carbocycles. The van der Waals surface area contributed by atoms with Crippen molar-refractivity contribution in [1.82, 2.24) is 10.2 Å². The number of halogens is 2. The minimum Gasteiger partial charge on any atom is -0.378 e. The molecule has 6 heteroatoms. The SMILES string of the molecule is CC(NC(C)C(F)F)C(=O)N1CCOCC1. The van der Waals surface area contributed by atoms with Gasteiger partial charge in [-0.3, -0.25) is 10.1 Å². The van der Waals surface area contributed by atoms with Crippen LogP contribution in [0, 0.1) is 0 Å². The van der Waals surface area contributed by atoms with Crippen LogP contribution in [0.4, 0.5) is 8.78 Å². The summed E-state index contributed by atoms with van der Waals surface area (Å²) in [5.74, 6) is -0.143. The number of morpholine rings is 1. The molecule has 0 spiro atoms. The minimum absolute atomic E-state index is 0.143. The lowest BCUT2D eigenvalue weighted by atomic mass is 10.2. The van der Waals surface area contributed by atoms with Crippen molar-refractivity contribution in [3.63, 3.8) is 0 Å². The zero-order chi connectivity index (χ0) is 12.1. The Bertz CT molecular complexity index is 233. The van der Waals surface area contributed by atoms with Crippen molar-refractivity contribution in [3.8, 4) is 0 Å². The summed E-state index contributed by atoms with van der Waals surface area (Å²) in [7, 11) is 0. The van der Waals surface area contributed by atoms with Gasteiger partial charge in [-0.25, -0.2) is 8.78 Å². The fraction of sp³-hybridized carbons (Fsp3) is 0.900. The van der Waals surface area contributed by atoms with Crippen LogP contribution in [0.3, 0.4) is 0 Å². The predicted molar refractivity (Wildman–Crippen MR) is 55.5 cm³/mol. The molecule has 4 nitrogen and oxygen atoms in total. The molecular formula is C10H18F2N2O2. The molecule has 1 aliphatic rings. The summed E-state index contributed by atoms with van der Waals surface area (Å²) < 4.78 is 29.7. The van der Waals surface area contributed by atoms with E-state index in [0.717, 1.165) is 0 Å². The summed E-state index contributed by atoms with van der Waals surface area (Å²) in [5.41, 5.74) is 0. The third-order valence-electron chi connectivity index (χ3n) is 2.58. The number of carbonyl (C=O) groups is 1. The van der Waals surface area contributed by atoms with Crippen LogP contribution in [-0.2, 0) is 9.53 Å². The molecule has 1 heterocycles. The first-order valence-electron chi connectivity index (χ1n) is 5.43. The monoisotopic (exact) mass is 236 g/mol. The normalized spacial score (nSPS) is 20.9. The van der Waals surface area contributed by atoms with Crippen molar-refractivity contribution in [1.29, 1.82) is 0 Å². The number of alkyl halides is 2. The number of amides is 1. The van der Waals surface area contributed by atoms with Crippen LogP contribution < -0.4 is 5.32 Å². The quantitative estimate of drug-likeness (QED) is 0.772. The lowest BCUT2D eigenvalue weighted by Gasteiger charge is -2.30. The topological polar surface area (TPSA) is 41.6 Å². The van der Waals surface area contributed by atoms with E-state index in [0.29, 0.717) is 26.3 Å². The summed E-state index contributed by atoms with van der Waals surface area (Å²) >= 11 is 0. The highest BCUT2D eigenvalue weighted by atomic mass is 19.3. The zero-order valence-electron chi connectivity index (χ0n) is 9.58. The number of rotatable bonds is 4. The molecule has 1 rings (SSSR count). The Morgan fingerprint density at radius 2 is 1.88 bits per heavy atom. The molecule has 0 aromatic rings. The molecule has 16 heavy (non-hydrogen) atoms. The Morgan fingerprint density at radius 3 is 2.38 bits per heavy atom. The number of carbonyl (C=O) groups excluding carboxylic acids is 1. The Morgan fingerprint density at radius 1 is 1.31 bits per heavy atom. The van der Waals surface area contributed by atoms with Gasteiger partial charge in [0, 0.05) is 13.1 Å². The summed E-state index contributed by atoms with van der Waals surface area (Å²) in [4.78, 5) is 13.5. The van der Waals surface area contributed by atoms with Crippen LogP contribution in [0.25, 0.3) is 0 Å². The van der Waals surface area contributed by atoms with Crippen LogP contribution >= 0.6 is 0 Å². The molecule has 0 aromatic carbocycles. The number of nitrogens with zero attached hydrogens (tertiary/aromatic N) is 1. The molecule has 94 valence electrons. The van der Waals surface area contributed by atoms with Gasteiger partial charge in [0.15, 0.2) is 0 Å². The van der Waals surface area contributed by atoms with Crippen LogP contribution in [0.5, 0.6) is 0 Å². The van der Waals surface area contributed by atoms with Crippen molar-refractivity contribution in [2.75, 3.05) is 26.3 Å². The van der Waals surface area contributed by atoms with E-state index in [4.69, 9.17) is 4.74 Å². The molecule has 1 fully saturated rings. The van der Waals surface area contributed by atoms with Gasteiger partial charge in [0.25, 0.3) is 6.43 Å². The molecule has 0 bridgehead atoms. The third kappa shape index (κ3) is 3.68. The average Bonchev–Trinajstić information content (AvgIpc) is 2.28. The molecule has 1 amide bonds. The second-order valence-electron chi connectivity index (χ2n) is 3.95. The van der Waals surface area contributed by atoms with Gasteiger partial charge >= 0.3 is 0 Å². The highest BCUT2D eigenvalue weighted by molar-refractivity contribution is 5.81. The number of hydrogen-bond donors (Lipinski definition) is 1. The van der Waals surface area contributed by atoms with Crippen LogP contribution in [0.15, 0.2) is 0 Å². The largest absolute Gasteiger partial charge is 0.378 e. The van der Waals surface area contributed by atoms with E-state index >= 15 is 0 Å². The highest BCUT2D eigenvalue weighted by Gasteiger charge is 2.25. The molecular weight excluding hydrogens is 218 g/mol. The van der Waals surface area contributed by atoms with Crippen molar-refractivity contribution < 1.29 is 18.3 Å². The van der Waals surface area contributed by atoms with Gasteiger partial charge < -0.3 is 9.64 Å². The minimum atomic E-state index is -2.46. The molecule has 2 unspecified atom stereocenters. The van der Waals surface area contributed by atoms with Crippen LogP contribution in [0.1, 0.15) is 13.8 Å². The van der Waals surface area contributed by atoms with Gasteiger partial charge in [0.1, 0.15) is 0 Å². The smallest absolute Gasteiger partial charge is 0.253 e. The van der Waals surface area contributed by atoms with Crippen molar-refractivity contribution in [2.45, 2.75) is 32.4 Å². The predicted octanol–water partition coefficient (Wildman–Crippen LogP) is 0.477. The van der Waals surface area contributed by atoms with Crippen molar-refractivity contribution >= 4 is 5.91 Å². The van der Waals surface area contributed by atoms with Gasteiger partial charge in [-0.2, -0.15) is 0 Å². The first-order valence-corrected chi connectivity index (χ1v) is 5.43. The van der Waals surface area contributed by atoms with Gasteiger partial charge in [0.2, 0.25) is 5.91 Å². The lowest BCUT2D eigenvalue weighted by Crippen LogP contribution is -2.52. The lowest BCUT2D eigenvalue weighted by molar-refractivity contribution is -0.137. The maximum atomic E-state index is 12.3. The van der Waals surface area contributed by atoms with Crippen LogP contribution in [0.2, 0.25) is 0 Å². The molecule has 0 aromatic heterocycles. The molecule has 1 aliphatic heterocycles. The summed E-state index contributed by atoms with van der Waals surface area (Å²) in [5, 5.41) is 2.59. The third-order valence-corrected chi connectivity index (χ3v) is 2.58. The Labute approximate surface area is 93.9 Å². The van der Waals surface area contributed by atoms with Gasteiger partial charge in [-0.05, 0) is 13.8 Å². The van der Waals surface area contributed by atoms with Crippen molar-refractivity contribution in [3.05, 3.63) is 0 Å². The summed E-state index contributed by atoms with van der Waals surface area (Å²) in [6, 6.07) is -1.55. The van der Waals surface area contributed by atoms with Crippen LogP contribution in [-0.4, -0.2) is 55.6 Å². The maximum absolute atomic E-state index is 12.3. The first-order chi connectivity index (χ1) is 7.52. The summed E-state index contributed by atoms with van der Waals surface area (Å²) in [6.45, 7) is 5.08. The van der Waals surface area contributed by atoms with E-state index in [1.54, 1.807) is 11.8 Å². The van der Waals surface area contributed by atoms with Crippen molar-refractivity contribution in [2.24, 2.45) is 0 Å².